The van der Waals surface area contributed by atoms with E-state index < -0.39 is 18.0 Å². The van der Waals surface area contributed by atoms with Crippen molar-refractivity contribution in [2.24, 2.45) is 0 Å². The number of nitrogens with zero attached hydrogens (tertiary/aromatic N) is 3. The van der Waals surface area contributed by atoms with Crippen LogP contribution >= 0.6 is 11.3 Å². The number of aromatic hydroxyl groups is 1. The van der Waals surface area contributed by atoms with E-state index in [9.17, 15) is 24.3 Å². The molecule has 5 rings (SSSR count). The highest BCUT2D eigenvalue weighted by atomic mass is 32.1. The normalized spacial score (nSPS) is 19.1. The number of likely N-dealkylation sites (tertiary alicyclic amines) is 2. The zero-order valence-electron chi connectivity index (χ0n) is 21.7. The summed E-state index contributed by atoms with van der Waals surface area (Å²) in [6.07, 6.45) is 0.672. The van der Waals surface area contributed by atoms with Gasteiger partial charge in [-0.25, -0.2) is 0 Å². The van der Waals surface area contributed by atoms with Crippen LogP contribution in [0.3, 0.4) is 0 Å². The van der Waals surface area contributed by atoms with Crippen LogP contribution in [-0.4, -0.2) is 83.7 Å². The fourth-order valence-electron chi connectivity index (χ4n) is 5.30. The van der Waals surface area contributed by atoms with Crippen molar-refractivity contribution in [3.8, 4) is 5.75 Å². The first kappa shape index (κ1) is 26.4. The van der Waals surface area contributed by atoms with E-state index in [0.717, 1.165) is 11.3 Å². The molecule has 2 fully saturated rings. The Balaban J connectivity index is 1.37. The maximum atomic E-state index is 13.9. The third kappa shape index (κ3) is 5.37. The van der Waals surface area contributed by atoms with Gasteiger partial charge in [0.15, 0.2) is 5.78 Å². The minimum Gasteiger partial charge on any atom is -0.508 e. The number of carbonyl (C=O) groups excluding carboxylic acids is 4. The van der Waals surface area contributed by atoms with Crippen molar-refractivity contribution < 1.29 is 24.3 Å². The molecule has 2 saturated heterocycles. The first-order valence-electron chi connectivity index (χ1n) is 12.8. The number of phenolic OH excluding ortho intramolecular Hbond substituents is 1. The number of Topliss-reactive ketones (excluding diaryl/α,β-unsaturated/α-hetero) is 1. The zero-order chi connectivity index (χ0) is 27.7. The Hall–Kier alpha value is -4.18. The van der Waals surface area contributed by atoms with Crippen LogP contribution in [0, 0.1) is 0 Å². The second-order valence-corrected chi connectivity index (χ2v) is 11.0. The SMILES string of the molecule is CN(C)c1ccc(C(=O)N[C@@H](Cc2ccc(O)cc2)C(=O)N2CC[C@@H]3[C@H]2C(=O)CN3C(=O)c2cccs2)cc1. The predicted molar refractivity (Wildman–Crippen MR) is 148 cm³/mol. The van der Waals surface area contributed by atoms with Gasteiger partial charge in [-0.2, -0.15) is 0 Å². The molecule has 0 aliphatic carbocycles. The summed E-state index contributed by atoms with van der Waals surface area (Å²) in [5, 5.41) is 14.4. The van der Waals surface area contributed by atoms with E-state index in [1.54, 1.807) is 41.3 Å². The molecule has 0 unspecified atom stereocenters. The van der Waals surface area contributed by atoms with Gasteiger partial charge in [-0.3, -0.25) is 19.2 Å². The largest absolute Gasteiger partial charge is 0.508 e. The molecule has 2 aliphatic heterocycles. The quantitative estimate of drug-likeness (QED) is 0.472. The van der Waals surface area contributed by atoms with Gasteiger partial charge >= 0.3 is 0 Å². The van der Waals surface area contributed by atoms with Gasteiger partial charge in [0.1, 0.15) is 17.8 Å². The molecule has 3 aromatic rings. The molecule has 10 heteroatoms. The summed E-state index contributed by atoms with van der Waals surface area (Å²) in [5.41, 5.74) is 2.10. The van der Waals surface area contributed by atoms with Crippen LogP contribution in [0.1, 0.15) is 32.0 Å². The molecule has 9 nitrogen and oxygen atoms in total. The summed E-state index contributed by atoms with van der Waals surface area (Å²) in [4.78, 5) is 58.9. The lowest BCUT2D eigenvalue weighted by molar-refractivity contribution is -0.138. The number of nitrogens with one attached hydrogen (secondary N) is 1. The summed E-state index contributed by atoms with van der Waals surface area (Å²) in [5.74, 6) is -1.05. The average molecular weight is 547 g/mol. The highest BCUT2D eigenvalue weighted by Gasteiger charge is 2.52. The van der Waals surface area contributed by atoms with Crippen LogP contribution in [0.25, 0.3) is 0 Å². The number of carbonyl (C=O) groups is 4. The molecular formula is C29H30N4O5S. The molecule has 0 saturated carbocycles. The van der Waals surface area contributed by atoms with E-state index in [1.807, 2.05) is 36.5 Å². The van der Waals surface area contributed by atoms with Crippen molar-refractivity contribution in [1.29, 1.82) is 0 Å². The molecule has 3 amide bonds. The summed E-state index contributed by atoms with van der Waals surface area (Å²) in [7, 11) is 3.81. The highest BCUT2D eigenvalue weighted by molar-refractivity contribution is 7.12. The number of hydrogen-bond donors (Lipinski definition) is 2. The maximum Gasteiger partial charge on any atom is 0.264 e. The monoisotopic (exact) mass is 546 g/mol. The molecule has 2 aromatic carbocycles. The fraction of sp³-hybridized carbons (Fsp3) is 0.310. The topological polar surface area (TPSA) is 110 Å². The molecule has 0 radical (unpaired) electrons. The Labute approximate surface area is 230 Å². The fourth-order valence-corrected chi connectivity index (χ4v) is 5.98. The van der Waals surface area contributed by atoms with Crippen LogP contribution in [0.5, 0.6) is 5.75 Å². The molecule has 39 heavy (non-hydrogen) atoms. The van der Waals surface area contributed by atoms with Gasteiger partial charge in [0.2, 0.25) is 5.91 Å². The number of ketones is 1. The number of fused-ring (bicyclic) bond motifs is 1. The number of anilines is 1. The van der Waals surface area contributed by atoms with E-state index in [2.05, 4.69) is 5.32 Å². The van der Waals surface area contributed by atoms with Crippen LogP contribution < -0.4 is 10.2 Å². The zero-order valence-corrected chi connectivity index (χ0v) is 22.6. The van der Waals surface area contributed by atoms with E-state index >= 15 is 0 Å². The van der Waals surface area contributed by atoms with Gasteiger partial charge in [0.25, 0.3) is 11.8 Å². The van der Waals surface area contributed by atoms with Crippen molar-refractivity contribution in [2.45, 2.75) is 31.0 Å². The van der Waals surface area contributed by atoms with Crippen molar-refractivity contribution in [3.05, 3.63) is 82.0 Å². The highest BCUT2D eigenvalue weighted by Crippen LogP contribution is 2.32. The Morgan fingerprint density at radius 1 is 1.05 bits per heavy atom. The number of rotatable bonds is 7. The number of phenols is 1. The molecule has 202 valence electrons. The summed E-state index contributed by atoms with van der Waals surface area (Å²) < 4.78 is 0. The minimum absolute atomic E-state index is 0.0386. The lowest BCUT2D eigenvalue weighted by Gasteiger charge is -2.28. The van der Waals surface area contributed by atoms with Crippen molar-refractivity contribution in [3.63, 3.8) is 0 Å². The molecule has 2 N–H and O–H groups in total. The maximum absolute atomic E-state index is 13.9. The predicted octanol–water partition coefficient (Wildman–Crippen LogP) is 2.56. The van der Waals surface area contributed by atoms with Gasteiger partial charge in [0, 0.05) is 38.3 Å². The molecule has 3 atom stereocenters. The Bertz CT molecular complexity index is 1370. The van der Waals surface area contributed by atoms with Crippen molar-refractivity contribution in [1.82, 2.24) is 15.1 Å². The van der Waals surface area contributed by atoms with Gasteiger partial charge < -0.3 is 25.1 Å². The Morgan fingerprint density at radius 3 is 2.41 bits per heavy atom. The Kier molecular flexibility index (Phi) is 7.38. The smallest absolute Gasteiger partial charge is 0.264 e. The lowest BCUT2D eigenvalue weighted by Crippen LogP contribution is -2.53. The lowest BCUT2D eigenvalue weighted by atomic mass is 10.0. The van der Waals surface area contributed by atoms with Crippen molar-refractivity contribution in [2.75, 3.05) is 32.1 Å². The molecular weight excluding hydrogens is 516 g/mol. The average Bonchev–Trinajstić information content (AvgIpc) is 3.68. The number of benzene rings is 2. The van der Waals surface area contributed by atoms with Crippen LogP contribution in [0.2, 0.25) is 0 Å². The second kappa shape index (κ2) is 10.9. The molecule has 0 spiro atoms. The first-order valence-corrected chi connectivity index (χ1v) is 13.6. The van der Waals surface area contributed by atoms with E-state index in [1.165, 1.54) is 28.4 Å². The van der Waals surface area contributed by atoms with E-state index in [4.69, 9.17) is 0 Å². The number of thiophene rings is 1. The van der Waals surface area contributed by atoms with Gasteiger partial charge in [-0.15, -0.1) is 11.3 Å². The third-order valence-corrected chi connectivity index (χ3v) is 8.18. The summed E-state index contributed by atoms with van der Waals surface area (Å²) >= 11 is 1.32. The van der Waals surface area contributed by atoms with Crippen LogP contribution in [0.4, 0.5) is 5.69 Å². The standard InChI is InChI=1S/C29H30N4O5S/c1-31(2)20-9-7-19(8-10-20)27(36)30-22(16-18-5-11-21(34)12-6-18)28(37)32-14-13-23-26(32)24(35)17-33(23)29(38)25-4-3-15-39-25/h3-12,15,22-23,26,34H,13-14,16-17H2,1-2H3,(H,30,36)/t22-,23+,26-/m0/s1. The van der Waals surface area contributed by atoms with Gasteiger partial charge in [0.05, 0.1) is 17.5 Å². The number of hydrogen-bond acceptors (Lipinski definition) is 7. The Morgan fingerprint density at radius 2 is 1.77 bits per heavy atom. The van der Waals surface area contributed by atoms with Crippen molar-refractivity contribution >= 4 is 40.5 Å². The molecule has 3 heterocycles. The number of amides is 3. The van der Waals surface area contributed by atoms with Gasteiger partial charge in [-0.05, 0) is 59.8 Å². The van der Waals surface area contributed by atoms with Gasteiger partial charge in [-0.1, -0.05) is 18.2 Å². The van der Waals surface area contributed by atoms with Crippen LogP contribution in [-0.2, 0) is 16.0 Å². The molecule has 1 aromatic heterocycles. The van der Waals surface area contributed by atoms with Crippen LogP contribution in [0.15, 0.2) is 66.0 Å². The first-order chi connectivity index (χ1) is 18.7. The third-order valence-electron chi connectivity index (χ3n) is 7.32. The summed E-state index contributed by atoms with van der Waals surface area (Å²) in [6.45, 7) is 0.274. The molecule has 0 bridgehead atoms. The molecule has 2 aliphatic rings. The second-order valence-electron chi connectivity index (χ2n) is 10.0. The van der Waals surface area contributed by atoms with E-state index in [0.29, 0.717) is 23.4 Å². The minimum atomic E-state index is -0.941. The summed E-state index contributed by atoms with van der Waals surface area (Å²) in [6, 6.07) is 15.0. The van der Waals surface area contributed by atoms with E-state index in [-0.39, 0.29) is 42.4 Å².